The number of aliphatic hydroxyl groups excluding tert-OH is 1. The number of ether oxygens (including phenoxy) is 1. The van der Waals surface area contributed by atoms with Crippen LogP contribution in [-0.4, -0.2) is 43.5 Å². The molecule has 0 bridgehead atoms. The predicted octanol–water partition coefficient (Wildman–Crippen LogP) is 2.58. The molecule has 0 aliphatic rings. The van der Waals surface area contributed by atoms with Crippen LogP contribution >= 0.6 is 0 Å². The minimum atomic E-state index is -0.662. The molecule has 7 heteroatoms. The van der Waals surface area contributed by atoms with Gasteiger partial charge in [0.1, 0.15) is 24.0 Å². The van der Waals surface area contributed by atoms with E-state index in [1.807, 2.05) is 54.6 Å². The van der Waals surface area contributed by atoms with Crippen molar-refractivity contribution in [3.05, 3.63) is 60.9 Å². The molecule has 0 saturated heterocycles. The fraction of sp³-hybridized carbons (Fsp3) is 0.250. The van der Waals surface area contributed by atoms with E-state index in [1.54, 1.807) is 6.26 Å². The summed E-state index contributed by atoms with van der Waals surface area (Å²) < 4.78 is 11.0. The van der Waals surface area contributed by atoms with Crippen molar-refractivity contribution in [2.45, 2.75) is 6.10 Å². The lowest BCUT2D eigenvalue weighted by molar-refractivity contribution is 0.107. The maximum absolute atomic E-state index is 11.7. The van der Waals surface area contributed by atoms with Crippen LogP contribution in [0.4, 0.5) is 10.5 Å². The second-order valence-electron chi connectivity index (χ2n) is 6.00. The highest BCUT2D eigenvalue weighted by Crippen LogP contribution is 2.26. The van der Waals surface area contributed by atoms with Crippen LogP contribution < -0.4 is 20.7 Å². The molecule has 0 aliphatic carbocycles. The quantitative estimate of drug-likeness (QED) is 0.435. The lowest BCUT2D eigenvalue weighted by Gasteiger charge is -2.14. The van der Waals surface area contributed by atoms with Crippen LogP contribution in [0.5, 0.6) is 5.75 Å². The molecule has 142 valence electrons. The fourth-order valence-corrected chi connectivity index (χ4v) is 2.57. The number of hydrogen-bond acceptors (Lipinski definition) is 5. The Hall–Kier alpha value is -3.03. The number of rotatable bonds is 9. The molecule has 3 rings (SSSR count). The molecule has 3 aromatic rings. The Morgan fingerprint density at radius 1 is 1.07 bits per heavy atom. The number of nitrogens with one attached hydrogen (secondary N) is 3. The number of carbonyl (C=O) groups is 1. The molecule has 0 radical (unpaired) electrons. The molecule has 1 unspecified atom stereocenters. The van der Waals surface area contributed by atoms with Crippen LogP contribution in [0.15, 0.2) is 65.3 Å². The van der Waals surface area contributed by atoms with Gasteiger partial charge in [-0.15, -0.1) is 0 Å². The largest absolute Gasteiger partial charge is 0.490 e. The lowest BCUT2D eigenvalue weighted by atomic mass is 10.2. The topological polar surface area (TPSA) is 95.8 Å². The number of para-hydroxylation sites is 1. The van der Waals surface area contributed by atoms with Gasteiger partial charge in [-0.2, -0.15) is 0 Å². The van der Waals surface area contributed by atoms with E-state index in [0.717, 1.165) is 16.7 Å². The number of carbonyl (C=O) groups excluding carboxylic acids is 1. The van der Waals surface area contributed by atoms with E-state index in [1.165, 1.54) is 0 Å². The summed E-state index contributed by atoms with van der Waals surface area (Å²) in [6.45, 7) is 1.51. The van der Waals surface area contributed by atoms with Crippen molar-refractivity contribution in [3.63, 3.8) is 0 Å². The average Bonchev–Trinajstić information content (AvgIpc) is 3.16. The van der Waals surface area contributed by atoms with Crippen molar-refractivity contribution in [1.29, 1.82) is 0 Å². The summed E-state index contributed by atoms with van der Waals surface area (Å²) in [4.78, 5) is 11.7. The summed E-state index contributed by atoms with van der Waals surface area (Å²) in [5.74, 6) is 0.680. The molecule has 1 atom stereocenters. The minimum Gasteiger partial charge on any atom is -0.490 e. The summed E-state index contributed by atoms with van der Waals surface area (Å²) in [6.07, 6.45) is 0.946. The minimum absolute atomic E-state index is 0.166. The number of amides is 2. The van der Waals surface area contributed by atoms with Gasteiger partial charge in [0, 0.05) is 25.3 Å². The van der Waals surface area contributed by atoms with Gasteiger partial charge >= 0.3 is 6.03 Å². The summed E-state index contributed by atoms with van der Waals surface area (Å²) in [7, 11) is 0. The lowest BCUT2D eigenvalue weighted by Crippen LogP contribution is -2.38. The highest BCUT2D eigenvalue weighted by molar-refractivity contribution is 5.89. The average molecular weight is 369 g/mol. The highest BCUT2D eigenvalue weighted by atomic mass is 16.5. The van der Waals surface area contributed by atoms with Gasteiger partial charge < -0.3 is 30.2 Å². The van der Waals surface area contributed by atoms with Gasteiger partial charge in [-0.25, -0.2) is 4.79 Å². The van der Waals surface area contributed by atoms with Crippen molar-refractivity contribution in [2.75, 3.05) is 31.6 Å². The monoisotopic (exact) mass is 369 g/mol. The highest BCUT2D eigenvalue weighted by Gasteiger charge is 2.08. The summed E-state index contributed by atoms with van der Waals surface area (Å²) in [6, 6.07) is 16.4. The van der Waals surface area contributed by atoms with E-state index in [0.29, 0.717) is 25.4 Å². The fourth-order valence-electron chi connectivity index (χ4n) is 2.57. The first kappa shape index (κ1) is 18.8. The van der Waals surface area contributed by atoms with Gasteiger partial charge in [-0.1, -0.05) is 24.3 Å². The van der Waals surface area contributed by atoms with Gasteiger partial charge in [0.2, 0.25) is 0 Å². The molecule has 1 heterocycles. The summed E-state index contributed by atoms with van der Waals surface area (Å²) >= 11 is 0. The van der Waals surface area contributed by atoms with Crippen LogP contribution in [0.25, 0.3) is 11.0 Å². The van der Waals surface area contributed by atoms with Crippen molar-refractivity contribution in [2.24, 2.45) is 0 Å². The summed E-state index contributed by atoms with van der Waals surface area (Å²) in [5.41, 5.74) is 1.49. The van der Waals surface area contributed by atoms with E-state index in [-0.39, 0.29) is 12.6 Å². The van der Waals surface area contributed by atoms with Crippen LogP contribution in [0.2, 0.25) is 0 Å². The van der Waals surface area contributed by atoms with E-state index in [2.05, 4.69) is 16.0 Å². The number of fused-ring (bicyclic) bond motifs is 1. The molecule has 27 heavy (non-hydrogen) atoms. The molecular weight excluding hydrogens is 346 g/mol. The standard InChI is InChI=1S/C20H23N3O4/c24-16(14-27-19-8-4-7-18-17(19)9-12-26-18)13-21-10-11-22-20(25)23-15-5-2-1-3-6-15/h1-9,12,16,21,24H,10-11,13-14H2,(H2,22,23,25). The maximum Gasteiger partial charge on any atom is 0.319 e. The van der Waals surface area contributed by atoms with Gasteiger partial charge in [-0.05, 0) is 30.3 Å². The van der Waals surface area contributed by atoms with Crippen LogP contribution in [0.3, 0.4) is 0 Å². The Kier molecular flexibility index (Phi) is 6.67. The molecule has 0 fully saturated rings. The van der Waals surface area contributed by atoms with Crippen LogP contribution in [-0.2, 0) is 0 Å². The molecule has 0 saturated carbocycles. The Labute approximate surface area is 157 Å². The normalized spacial score (nSPS) is 11.9. The molecule has 2 amide bonds. The zero-order chi connectivity index (χ0) is 18.9. The first-order valence-corrected chi connectivity index (χ1v) is 8.80. The third-order valence-corrected chi connectivity index (χ3v) is 3.89. The van der Waals surface area contributed by atoms with Crippen LogP contribution in [0, 0.1) is 0 Å². The van der Waals surface area contributed by atoms with Crippen molar-refractivity contribution < 1.29 is 19.1 Å². The van der Waals surface area contributed by atoms with Gasteiger partial charge in [0.05, 0.1) is 11.6 Å². The van der Waals surface area contributed by atoms with E-state index < -0.39 is 6.10 Å². The third kappa shape index (κ3) is 5.73. The molecule has 4 N–H and O–H groups in total. The number of furan rings is 1. The maximum atomic E-state index is 11.7. The Morgan fingerprint density at radius 3 is 2.78 bits per heavy atom. The number of hydrogen-bond donors (Lipinski definition) is 4. The van der Waals surface area contributed by atoms with E-state index >= 15 is 0 Å². The zero-order valence-electron chi connectivity index (χ0n) is 14.9. The second kappa shape index (κ2) is 9.61. The summed E-state index contributed by atoms with van der Waals surface area (Å²) in [5, 5.41) is 19.5. The van der Waals surface area contributed by atoms with Crippen molar-refractivity contribution in [1.82, 2.24) is 10.6 Å². The van der Waals surface area contributed by atoms with Gasteiger partial charge in [-0.3, -0.25) is 0 Å². The second-order valence-corrected chi connectivity index (χ2v) is 6.00. The molecular formula is C20H23N3O4. The Bertz CT molecular complexity index is 851. The number of aliphatic hydroxyl groups is 1. The predicted molar refractivity (Wildman–Crippen MR) is 104 cm³/mol. The smallest absolute Gasteiger partial charge is 0.319 e. The van der Waals surface area contributed by atoms with E-state index in [9.17, 15) is 9.90 Å². The zero-order valence-corrected chi connectivity index (χ0v) is 14.9. The molecule has 0 spiro atoms. The first-order chi connectivity index (χ1) is 13.2. The number of urea groups is 1. The molecule has 2 aromatic carbocycles. The van der Waals surface area contributed by atoms with Gasteiger partial charge in [0.15, 0.2) is 0 Å². The number of anilines is 1. The van der Waals surface area contributed by atoms with Crippen LogP contribution in [0.1, 0.15) is 0 Å². The molecule has 0 aliphatic heterocycles. The van der Waals surface area contributed by atoms with Crippen molar-refractivity contribution in [3.8, 4) is 5.75 Å². The SMILES string of the molecule is O=C(NCCNCC(O)COc1cccc2occc12)Nc1ccccc1. The third-order valence-electron chi connectivity index (χ3n) is 3.89. The Balaban J connectivity index is 1.29. The molecule has 7 nitrogen and oxygen atoms in total. The van der Waals surface area contributed by atoms with Crippen molar-refractivity contribution >= 4 is 22.7 Å². The Morgan fingerprint density at radius 2 is 1.93 bits per heavy atom. The van der Waals surface area contributed by atoms with E-state index in [4.69, 9.17) is 9.15 Å². The number of benzene rings is 2. The van der Waals surface area contributed by atoms with Gasteiger partial charge in [0.25, 0.3) is 0 Å². The molecule has 1 aromatic heterocycles. The first-order valence-electron chi connectivity index (χ1n) is 8.80.